The van der Waals surface area contributed by atoms with Gasteiger partial charge < -0.3 is 5.73 Å². The first-order valence-electron chi connectivity index (χ1n) is 6.36. The lowest BCUT2D eigenvalue weighted by Crippen LogP contribution is -2.20. The van der Waals surface area contributed by atoms with Gasteiger partial charge in [-0.05, 0) is 48.0 Å². The molecule has 1 unspecified atom stereocenters. The van der Waals surface area contributed by atoms with E-state index in [1.54, 1.807) is 18.0 Å². The van der Waals surface area contributed by atoms with E-state index >= 15 is 0 Å². The summed E-state index contributed by atoms with van der Waals surface area (Å²) in [5, 5.41) is 5.11. The van der Waals surface area contributed by atoms with Gasteiger partial charge in [-0.3, -0.25) is 4.68 Å². The van der Waals surface area contributed by atoms with E-state index in [2.05, 4.69) is 34.9 Å². The molecule has 0 aliphatic heterocycles. The van der Waals surface area contributed by atoms with E-state index in [4.69, 9.17) is 17.3 Å². The fourth-order valence-corrected chi connectivity index (χ4v) is 3.67. The van der Waals surface area contributed by atoms with Gasteiger partial charge in [-0.25, -0.2) is 0 Å². The molecule has 2 aromatic rings. The van der Waals surface area contributed by atoms with Crippen molar-refractivity contribution in [2.75, 3.05) is 5.75 Å². The third-order valence-corrected chi connectivity index (χ3v) is 4.81. The number of thioether (sulfide) groups is 1. The Morgan fingerprint density at radius 1 is 1.45 bits per heavy atom. The Kier molecular flexibility index (Phi) is 5.55. The third-order valence-electron chi connectivity index (χ3n) is 2.85. The Morgan fingerprint density at radius 3 is 2.85 bits per heavy atom. The lowest BCUT2D eigenvalue weighted by molar-refractivity contribution is 0.494. The Bertz CT molecular complexity index is 586. The molecule has 0 saturated heterocycles. The van der Waals surface area contributed by atoms with Crippen LogP contribution in [0.4, 0.5) is 0 Å². The summed E-state index contributed by atoms with van der Waals surface area (Å²) in [5.41, 5.74) is 7.36. The Morgan fingerprint density at radius 2 is 2.20 bits per heavy atom. The van der Waals surface area contributed by atoms with Crippen molar-refractivity contribution >= 4 is 39.3 Å². The SMILES string of the molecule is CC(C)n1ncc(Br)c1C(N)CSc1cccc(Cl)c1. The highest BCUT2D eigenvalue weighted by atomic mass is 79.9. The number of aromatic nitrogens is 2. The van der Waals surface area contributed by atoms with Crippen LogP contribution >= 0.6 is 39.3 Å². The van der Waals surface area contributed by atoms with Crippen LogP contribution in [0.3, 0.4) is 0 Å². The predicted molar refractivity (Wildman–Crippen MR) is 89.4 cm³/mol. The van der Waals surface area contributed by atoms with E-state index in [-0.39, 0.29) is 6.04 Å². The van der Waals surface area contributed by atoms with Crippen molar-refractivity contribution in [1.82, 2.24) is 9.78 Å². The first kappa shape index (κ1) is 15.9. The van der Waals surface area contributed by atoms with Gasteiger partial charge in [0, 0.05) is 21.7 Å². The lowest BCUT2D eigenvalue weighted by Gasteiger charge is -2.17. The van der Waals surface area contributed by atoms with Crippen LogP contribution in [0.25, 0.3) is 0 Å². The molecule has 0 aliphatic rings. The second-order valence-corrected chi connectivity index (χ2v) is 7.18. The Labute approximate surface area is 137 Å². The van der Waals surface area contributed by atoms with Crippen LogP contribution in [0.1, 0.15) is 31.6 Å². The highest BCUT2D eigenvalue weighted by molar-refractivity contribution is 9.10. The van der Waals surface area contributed by atoms with Crippen LogP contribution in [0.5, 0.6) is 0 Å². The maximum atomic E-state index is 6.32. The van der Waals surface area contributed by atoms with Crippen molar-refractivity contribution in [3.8, 4) is 0 Å². The molecular weight excluding hydrogens is 358 g/mol. The van der Waals surface area contributed by atoms with Gasteiger partial charge in [0.25, 0.3) is 0 Å². The third kappa shape index (κ3) is 3.79. The van der Waals surface area contributed by atoms with Gasteiger partial charge in [-0.2, -0.15) is 5.10 Å². The minimum absolute atomic E-state index is 0.0849. The minimum atomic E-state index is -0.0849. The van der Waals surface area contributed by atoms with Crippen molar-refractivity contribution < 1.29 is 0 Å². The number of hydrogen-bond donors (Lipinski definition) is 1. The molecule has 20 heavy (non-hydrogen) atoms. The average molecular weight is 375 g/mol. The van der Waals surface area contributed by atoms with Crippen molar-refractivity contribution in [3.63, 3.8) is 0 Å². The fourth-order valence-electron chi connectivity index (χ4n) is 1.93. The van der Waals surface area contributed by atoms with Crippen LogP contribution in [-0.2, 0) is 0 Å². The molecule has 0 fully saturated rings. The normalized spacial score (nSPS) is 12.9. The Hall–Kier alpha value is -0.490. The number of rotatable bonds is 5. The molecular formula is C14H17BrClN3S. The molecule has 108 valence electrons. The molecule has 2 rings (SSSR count). The summed E-state index contributed by atoms with van der Waals surface area (Å²) >= 11 is 11.2. The molecule has 6 heteroatoms. The summed E-state index contributed by atoms with van der Waals surface area (Å²) < 4.78 is 2.93. The average Bonchev–Trinajstić information content (AvgIpc) is 2.78. The predicted octanol–water partition coefficient (Wildman–Crippen LogP) is 4.67. The van der Waals surface area contributed by atoms with Crippen molar-refractivity contribution in [2.24, 2.45) is 5.73 Å². The highest BCUT2D eigenvalue weighted by Crippen LogP contribution is 2.30. The van der Waals surface area contributed by atoms with E-state index in [1.165, 1.54) is 0 Å². The van der Waals surface area contributed by atoms with E-state index in [9.17, 15) is 0 Å². The molecule has 3 nitrogen and oxygen atoms in total. The largest absolute Gasteiger partial charge is 0.322 e. The molecule has 2 N–H and O–H groups in total. The number of halogens is 2. The molecule has 1 aromatic carbocycles. The minimum Gasteiger partial charge on any atom is -0.322 e. The van der Waals surface area contributed by atoms with Crippen LogP contribution in [0.2, 0.25) is 5.02 Å². The van der Waals surface area contributed by atoms with Crippen LogP contribution in [0, 0.1) is 0 Å². The molecule has 0 saturated carbocycles. The quantitative estimate of drug-likeness (QED) is 0.773. The molecule has 1 heterocycles. The second kappa shape index (κ2) is 6.98. The first-order valence-corrected chi connectivity index (χ1v) is 8.51. The summed E-state index contributed by atoms with van der Waals surface area (Å²) in [6.07, 6.45) is 1.80. The molecule has 0 bridgehead atoms. The molecule has 1 aromatic heterocycles. The zero-order chi connectivity index (χ0) is 14.7. The van der Waals surface area contributed by atoms with E-state index in [1.807, 2.05) is 28.9 Å². The van der Waals surface area contributed by atoms with Gasteiger partial charge >= 0.3 is 0 Å². The molecule has 0 amide bonds. The van der Waals surface area contributed by atoms with Crippen molar-refractivity contribution in [3.05, 3.63) is 45.7 Å². The molecule has 0 spiro atoms. The van der Waals surface area contributed by atoms with Crippen LogP contribution in [0.15, 0.2) is 39.8 Å². The van der Waals surface area contributed by atoms with Crippen LogP contribution in [-0.4, -0.2) is 15.5 Å². The summed E-state index contributed by atoms with van der Waals surface area (Å²) in [7, 11) is 0. The van der Waals surface area contributed by atoms with Gasteiger partial charge in [-0.15, -0.1) is 11.8 Å². The van der Waals surface area contributed by atoms with Gasteiger partial charge in [0.1, 0.15) is 0 Å². The fraction of sp³-hybridized carbons (Fsp3) is 0.357. The summed E-state index contributed by atoms with van der Waals surface area (Å²) in [5.74, 6) is 0.775. The maximum absolute atomic E-state index is 6.32. The summed E-state index contributed by atoms with van der Waals surface area (Å²) in [4.78, 5) is 1.12. The smallest absolute Gasteiger partial charge is 0.0705 e. The van der Waals surface area contributed by atoms with Gasteiger partial charge in [0.2, 0.25) is 0 Å². The summed E-state index contributed by atoms with van der Waals surface area (Å²) in [6, 6.07) is 8.02. The topological polar surface area (TPSA) is 43.8 Å². The molecule has 0 radical (unpaired) electrons. The van der Waals surface area contributed by atoms with Crippen molar-refractivity contribution in [2.45, 2.75) is 30.8 Å². The van der Waals surface area contributed by atoms with E-state index in [0.29, 0.717) is 6.04 Å². The van der Waals surface area contributed by atoms with E-state index in [0.717, 1.165) is 25.8 Å². The lowest BCUT2D eigenvalue weighted by atomic mass is 10.2. The maximum Gasteiger partial charge on any atom is 0.0705 e. The Balaban J connectivity index is 2.09. The molecule has 0 aliphatic carbocycles. The van der Waals surface area contributed by atoms with Gasteiger partial charge in [0.05, 0.1) is 22.4 Å². The standard InChI is InChI=1S/C14H17BrClN3S/c1-9(2)19-14(12(15)7-18-19)13(17)8-20-11-5-3-4-10(16)6-11/h3-7,9,13H,8,17H2,1-2H3. The second-order valence-electron chi connectivity index (χ2n) is 4.79. The number of benzene rings is 1. The van der Waals surface area contributed by atoms with Gasteiger partial charge in [-0.1, -0.05) is 17.7 Å². The highest BCUT2D eigenvalue weighted by Gasteiger charge is 2.18. The summed E-state index contributed by atoms with van der Waals surface area (Å²) in [6.45, 7) is 4.19. The zero-order valence-corrected chi connectivity index (χ0v) is 14.5. The molecule has 1 atom stereocenters. The first-order chi connectivity index (χ1) is 9.49. The zero-order valence-electron chi connectivity index (χ0n) is 11.4. The number of nitrogens with zero attached hydrogens (tertiary/aromatic N) is 2. The van der Waals surface area contributed by atoms with E-state index < -0.39 is 0 Å². The number of nitrogens with two attached hydrogens (primary N) is 1. The number of hydrogen-bond acceptors (Lipinski definition) is 3. The monoisotopic (exact) mass is 373 g/mol. The van der Waals surface area contributed by atoms with Gasteiger partial charge in [0.15, 0.2) is 0 Å². The van der Waals surface area contributed by atoms with Crippen molar-refractivity contribution in [1.29, 1.82) is 0 Å². The van der Waals surface area contributed by atoms with Crippen LogP contribution < -0.4 is 5.73 Å².